The molecule has 0 aliphatic heterocycles. The predicted octanol–water partition coefficient (Wildman–Crippen LogP) is 4.65. The van der Waals surface area contributed by atoms with Crippen LogP contribution >= 0.6 is 0 Å². The fraction of sp³-hybridized carbons (Fsp3) is 0.476. The first kappa shape index (κ1) is 21.0. The summed E-state index contributed by atoms with van der Waals surface area (Å²) in [7, 11) is 1.64. The molecule has 4 heteroatoms. The zero-order chi connectivity index (χ0) is 18.5. The van der Waals surface area contributed by atoms with Gasteiger partial charge in [0.25, 0.3) is 0 Å². The monoisotopic (exact) mass is 346 g/mol. The van der Waals surface area contributed by atoms with E-state index in [1.165, 1.54) is 6.08 Å². The highest BCUT2D eigenvalue weighted by atomic mass is 16.6. The highest BCUT2D eigenvalue weighted by Crippen LogP contribution is 2.20. The first-order valence-electron chi connectivity index (χ1n) is 8.64. The van der Waals surface area contributed by atoms with E-state index in [2.05, 4.69) is 20.8 Å². The zero-order valence-corrected chi connectivity index (χ0v) is 15.8. The largest absolute Gasteiger partial charge is 0.497 e. The summed E-state index contributed by atoms with van der Waals surface area (Å²) in [5.41, 5.74) is 1.36. The van der Waals surface area contributed by atoms with Gasteiger partial charge in [-0.1, -0.05) is 51.1 Å². The Morgan fingerprint density at radius 2 is 1.76 bits per heavy atom. The van der Waals surface area contributed by atoms with Crippen molar-refractivity contribution >= 4 is 12.0 Å². The molecular formula is C21H30O4. The molecule has 0 bridgehead atoms. The molecular weight excluding hydrogens is 316 g/mol. The number of esters is 1. The molecule has 0 spiro atoms. The van der Waals surface area contributed by atoms with E-state index >= 15 is 0 Å². The zero-order valence-electron chi connectivity index (χ0n) is 15.8. The van der Waals surface area contributed by atoms with Gasteiger partial charge in [-0.3, -0.25) is 0 Å². The van der Waals surface area contributed by atoms with Crippen molar-refractivity contribution in [1.82, 2.24) is 0 Å². The van der Waals surface area contributed by atoms with Crippen molar-refractivity contribution in [3.8, 4) is 5.75 Å². The highest BCUT2D eigenvalue weighted by Gasteiger charge is 2.08. The van der Waals surface area contributed by atoms with Crippen LogP contribution < -0.4 is 4.74 Å². The molecule has 1 rings (SSSR count). The van der Waals surface area contributed by atoms with E-state index in [1.54, 1.807) is 19.3 Å². The van der Waals surface area contributed by atoms with E-state index in [0.29, 0.717) is 18.6 Å². The Hall–Kier alpha value is -2.07. The standard InChI is InChI=1S/C21H30O4/c1-21(2,3)14-7-15-24-16-17-25-20(22)9-6-5-8-18-10-12-19(23-4)13-11-18/h5-6,8-13H,7,14-17H2,1-4H3/b8-5+,9-6+. The molecule has 0 N–H and O–H groups in total. The first-order valence-corrected chi connectivity index (χ1v) is 8.64. The third-order valence-corrected chi connectivity index (χ3v) is 3.44. The number of hydrogen-bond acceptors (Lipinski definition) is 4. The van der Waals surface area contributed by atoms with Gasteiger partial charge in [0.05, 0.1) is 13.7 Å². The number of allylic oxidation sites excluding steroid dienone is 2. The molecule has 0 aliphatic carbocycles. The van der Waals surface area contributed by atoms with Gasteiger partial charge in [0.1, 0.15) is 12.4 Å². The molecule has 0 aromatic heterocycles. The lowest BCUT2D eigenvalue weighted by Gasteiger charge is -2.17. The lowest BCUT2D eigenvalue weighted by Crippen LogP contribution is -2.11. The van der Waals surface area contributed by atoms with Crippen LogP contribution in [0.25, 0.3) is 6.08 Å². The quantitative estimate of drug-likeness (QED) is 0.268. The third-order valence-electron chi connectivity index (χ3n) is 3.44. The number of methoxy groups -OCH3 is 1. The minimum Gasteiger partial charge on any atom is -0.497 e. The van der Waals surface area contributed by atoms with E-state index in [1.807, 2.05) is 30.3 Å². The van der Waals surface area contributed by atoms with E-state index in [0.717, 1.165) is 24.2 Å². The Bertz CT molecular complexity index is 550. The Morgan fingerprint density at radius 3 is 2.40 bits per heavy atom. The fourth-order valence-electron chi connectivity index (χ4n) is 2.07. The molecule has 0 aliphatic rings. The topological polar surface area (TPSA) is 44.8 Å². The molecule has 0 radical (unpaired) electrons. The summed E-state index contributed by atoms with van der Waals surface area (Å²) in [5, 5.41) is 0. The molecule has 1 aromatic carbocycles. The van der Waals surface area contributed by atoms with Gasteiger partial charge in [-0.05, 0) is 36.0 Å². The van der Waals surface area contributed by atoms with Crippen LogP contribution in [0.4, 0.5) is 0 Å². The molecule has 0 heterocycles. The Balaban J connectivity index is 2.13. The van der Waals surface area contributed by atoms with Gasteiger partial charge in [0, 0.05) is 12.7 Å². The normalized spacial score (nSPS) is 12.0. The third kappa shape index (κ3) is 11.2. The summed E-state index contributed by atoms with van der Waals surface area (Å²) in [6.07, 6.45) is 8.91. The van der Waals surface area contributed by atoms with E-state index < -0.39 is 0 Å². The van der Waals surface area contributed by atoms with Crippen LogP contribution in [-0.2, 0) is 14.3 Å². The van der Waals surface area contributed by atoms with Crippen molar-refractivity contribution in [1.29, 1.82) is 0 Å². The van der Waals surface area contributed by atoms with E-state index in [-0.39, 0.29) is 12.6 Å². The molecule has 25 heavy (non-hydrogen) atoms. The van der Waals surface area contributed by atoms with Gasteiger partial charge in [-0.25, -0.2) is 4.79 Å². The Morgan fingerprint density at radius 1 is 1.04 bits per heavy atom. The second-order valence-electron chi connectivity index (χ2n) is 6.94. The van der Waals surface area contributed by atoms with Gasteiger partial charge in [0.2, 0.25) is 0 Å². The van der Waals surface area contributed by atoms with Crippen LogP contribution in [0.1, 0.15) is 39.2 Å². The van der Waals surface area contributed by atoms with Crippen molar-refractivity contribution in [2.75, 3.05) is 26.9 Å². The molecule has 0 saturated heterocycles. The van der Waals surface area contributed by atoms with Gasteiger partial charge in [-0.15, -0.1) is 0 Å². The van der Waals surface area contributed by atoms with Crippen molar-refractivity contribution in [3.63, 3.8) is 0 Å². The van der Waals surface area contributed by atoms with Crippen molar-refractivity contribution < 1.29 is 19.0 Å². The number of hydrogen-bond donors (Lipinski definition) is 0. The molecule has 0 saturated carbocycles. The van der Waals surface area contributed by atoms with Crippen LogP contribution in [0.2, 0.25) is 0 Å². The summed E-state index contributed by atoms with van der Waals surface area (Å²) in [5.74, 6) is 0.453. The first-order chi connectivity index (χ1) is 11.9. The van der Waals surface area contributed by atoms with Crippen LogP contribution in [0.5, 0.6) is 5.75 Å². The summed E-state index contributed by atoms with van der Waals surface area (Å²) in [6.45, 7) is 8.06. The van der Waals surface area contributed by atoms with Crippen molar-refractivity contribution in [2.45, 2.75) is 33.6 Å². The van der Waals surface area contributed by atoms with Gasteiger partial charge in [-0.2, -0.15) is 0 Å². The minimum atomic E-state index is -0.363. The van der Waals surface area contributed by atoms with E-state index in [4.69, 9.17) is 14.2 Å². The van der Waals surface area contributed by atoms with Gasteiger partial charge < -0.3 is 14.2 Å². The van der Waals surface area contributed by atoms with Crippen LogP contribution in [0, 0.1) is 5.41 Å². The van der Waals surface area contributed by atoms with Crippen LogP contribution in [-0.4, -0.2) is 32.9 Å². The maximum absolute atomic E-state index is 11.5. The fourth-order valence-corrected chi connectivity index (χ4v) is 2.07. The lowest BCUT2D eigenvalue weighted by molar-refractivity contribution is -0.139. The predicted molar refractivity (Wildman–Crippen MR) is 102 cm³/mol. The highest BCUT2D eigenvalue weighted by molar-refractivity contribution is 5.82. The van der Waals surface area contributed by atoms with Gasteiger partial charge >= 0.3 is 5.97 Å². The van der Waals surface area contributed by atoms with Crippen LogP contribution in [0.3, 0.4) is 0 Å². The average Bonchev–Trinajstić information content (AvgIpc) is 2.57. The van der Waals surface area contributed by atoms with Crippen molar-refractivity contribution in [2.24, 2.45) is 5.41 Å². The molecule has 0 fully saturated rings. The Labute approximate surface area is 151 Å². The summed E-state index contributed by atoms with van der Waals surface area (Å²) in [6, 6.07) is 7.66. The number of carbonyl (C=O) groups is 1. The SMILES string of the molecule is COc1ccc(/C=C/C=C/C(=O)OCCOCCCC(C)(C)C)cc1. The average molecular weight is 346 g/mol. The molecule has 0 atom stereocenters. The van der Waals surface area contributed by atoms with Crippen molar-refractivity contribution in [3.05, 3.63) is 48.1 Å². The number of ether oxygens (including phenoxy) is 3. The molecule has 138 valence electrons. The summed E-state index contributed by atoms with van der Waals surface area (Å²) in [4.78, 5) is 11.5. The molecule has 4 nitrogen and oxygen atoms in total. The number of rotatable bonds is 10. The maximum Gasteiger partial charge on any atom is 0.330 e. The number of carbonyl (C=O) groups excluding carboxylic acids is 1. The minimum absolute atomic E-state index is 0.279. The summed E-state index contributed by atoms with van der Waals surface area (Å²) >= 11 is 0. The smallest absolute Gasteiger partial charge is 0.330 e. The molecule has 1 aromatic rings. The summed E-state index contributed by atoms with van der Waals surface area (Å²) < 4.78 is 15.6. The van der Waals surface area contributed by atoms with E-state index in [9.17, 15) is 4.79 Å². The second kappa shape index (κ2) is 11.5. The van der Waals surface area contributed by atoms with Crippen LogP contribution in [0.15, 0.2) is 42.5 Å². The molecule has 0 unspecified atom stereocenters. The maximum atomic E-state index is 11.5. The Kier molecular flexibility index (Phi) is 9.63. The molecule has 0 amide bonds. The lowest BCUT2D eigenvalue weighted by atomic mass is 9.91. The van der Waals surface area contributed by atoms with Gasteiger partial charge in [0.15, 0.2) is 0 Å². The number of benzene rings is 1. The second-order valence-corrected chi connectivity index (χ2v) is 6.94.